The van der Waals surface area contributed by atoms with Gasteiger partial charge in [0.15, 0.2) is 0 Å². The molecule has 1 rings (SSSR count). The summed E-state index contributed by atoms with van der Waals surface area (Å²) >= 11 is 0. The second kappa shape index (κ2) is 4.48. The van der Waals surface area contributed by atoms with Gasteiger partial charge in [0.1, 0.15) is 0 Å². The van der Waals surface area contributed by atoms with Crippen molar-refractivity contribution in [2.24, 2.45) is 11.8 Å². The molecule has 1 aliphatic carbocycles. The Bertz CT molecular complexity index is 156. The van der Waals surface area contributed by atoms with Crippen molar-refractivity contribution >= 4 is 5.91 Å². The van der Waals surface area contributed by atoms with Gasteiger partial charge in [-0.2, -0.15) is 0 Å². The van der Waals surface area contributed by atoms with Crippen LogP contribution in [0.1, 0.15) is 39.0 Å². The Morgan fingerprint density at radius 2 is 2.08 bits per heavy atom. The van der Waals surface area contributed by atoms with Crippen molar-refractivity contribution < 1.29 is 4.79 Å². The quantitative estimate of drug-likeness (QED) is 0.672. The van der Waals surface area contributed by atoms with Gasteiger partial charge in [0.05, 0.1) is 0 Å². The van der Waals surface area contributed by atoms with Crippen LogP contribution in [0.25, 0.3) is 0 Å². The van der Waals surface area contributed by atoms with E-state index in [2.05, 4.69) is 12.2 Å². The summed E-state index contributed by atoms with van der Waals surface area (Å²) in [5.74, 6) is 1.59. The van der Waals surface area contributed by atoms with Gasteiger partial charge in [0.2, 0.25) is 5.91 Å². The molecule has 0 radical (unpaired) electrons. The molecular weight excluding hydrogens is 150 g/mol. The summed E-state index contributed by atoms with van der Waals surface area (Å²) in [4.78, 5) is 11.1. The first-order valence-electron chi connectivity index (χ1n) is 4.94. The molecule has 0 aromatic rings. The van der Waals surface area contributed by atoms with Crippen molar-refractivity contribution in [3.8, 4) is 0 Å². The lowest BCUT2D eigenvalue weighted by atomic mass is 9.78. The van der Waals surface area contributed by atoms with E-state index >= 15 is 0 Å². The summed E-state index contributed by atoms with van der Waals surface area (Å²) < 4.78 is 0. The number of rotatable bonds is 2. The standard InChI is InChI=1S/C10H19NO/c1-8-5-3-4-6-9(8)7-10(12)11-2/h8-9H,3-7H2,1-2H3,(H,11,12). The molecule has 0 aliphatic heterocycles. The van der Waals surface area contributed by atoms with Gasteiger partial charge in [0.25, 0.3) is 0 Å². The first-order valence-corrected chi connectivity index (χ1v) is 4.94. The average molecular weight is 169 g/mol. The van der Waals surface area contributed by atoms with Crippen molar-refractivity contribution in [2.75, 3.05) is 7.05 Å². The number of carbonyl (C=O) groups is 1. The zero-order chi connectivity index (χ0) is 8.97. The van der Waals surface area contributed by atoms with Crippen molar-refractivity contribution in [2.45, 2.75) is 39.0 Å². The predicted molar refractivity (Wildman–Crippen MR) is 49.8 cm³/mol. The molecule has 2 nitrogen and oxygen atoms in total. The smallest absolute Gasteiger partial charge is 0.220 e. The zero-order valence-electron chi connectivity index (χ0n) is 8.10. The fourth-order valence-electron chi connectivity index (χ4n) is 2.04. The van der Waals surface area contributed by atoms with E-state index in [0.29, 0.717) is 5.92 Å². The number of hydrogen-bond acceptors (Lipinski definition) is 1. The molecule has 70 valence electrons. The molecule has 1 aliphatic rings. The van der Waals surface area contributed by atoms with Crippen LogP contribution in [0, 0.1) is 11.8 Å². The Balaban J connectivity index is 2.33. The second-order valence-electron chi connectivity index (χ2n) is 3.90. The molecule has 12 heavy (non-hydrogen) atoms. The fourth-order valence-corrected chi connectivity index (χ4v) is 2.04. The van der Waals surface area contributed by atoms with Crippen LogP contribution in [0.2, 0.25) is 0 Å². The Labute approximate surface area is 74.7 Å². The van der Waals surface area contributed by atoms with Gasteiger partial charge in [-0.3, -0.25) is 4.79 Å². The predicted octanol–water partition coefficient (Wildman–Crippen LogP) is 1.95. The van der Waals surface area contributed by atoms with Gasteiger partial charge < -0.3 is 5.32 Å². The lowest BCUT2D eigenvalue weighted by Crippen LogP contribution is -2.26. The summed E-state index contributed by atoms with van der Waals surface area (Å²) in [7, 11) is 1.72. The van der Waals surface area contributed by atoms with Crippen molar-refractivity contribution in [1.82, 2.24) is 5.32 Å². The minimum Gasteiger partial charge on any atom is -0.359 e. The molecule has 2 unspecified atom stereocenters. The van der Waals surface area contributed by atoms with E-state index in [9.17, 15) is 4.79 Å². The number of amides is 1. The third kappa shape index (κ3) is 2.50. The summed E-state index contributed by atoms with van der Waals surface area (Å²) in [5.41, 5.74) is 0. The summed E-state index contributed by atoms with van der Waals surface area (Å²) in [5, 5.41) is 2.69. The Morgan fingerprint density at radius 3 is 2.67 bits per heavy atom. The van der Waals surface area contributed by atoms with Gasteiger partial charge in [-0.25, -0.2) is 0 Å². The number of hydrogen-bond donors (Lipinski definition) is 1. The van der Waals surface area contributed by atoms with Crippen LogP contribution in [0.5, 0.6) is 0 Å². The maximum absolute atomic E-state index is 11.1. The zero-order valence-corrected chi connectivity index (χ0v) is 8.10. The van der Waals surface area contributed by atoms with Crippen LogP contribution >= 0.6 is 0 Å². The summed E-state index contributed by atoms with van der Waals surface area (Å²) in [6, 6.07) is 0. The van der Waals surface area contributed by atoms with E-state index in [1.165, 1.54) is 25.7 Å². The lowest BCUT2D eigenvalue weighted by Gasteiger charge is -2.27. The SMILES string of the molecule is CNC(=O)CC1CCCCC1C. The highest BCUT2D eigenvalue weighted by Gasteiger charge is 2.22. The Hall–Kier alpha value is -0.530. The van der Waals surface area contributed by atoms with E-state index in [1.54, 1.807) is 7.05 Å². The molecule has 1 N–H and O–H groups in total. The largest absolute Gasteiger partial charge is 0.359 e. The van der Waals surface area contributed by atoms with E-state index < -0.39 is 0 Å². The normalized spacial score (nSPS) is 29.8. The van der Waals surface area contributed by atoms with Crippen molar-refractivity contribution in [1.29, 1.82) is 0 Å². The average Bonchev–Trinajstić information content (AvgIpc) is 2.09. The molecule has 1 saturated carbocycles. The van der Waals surface area contributed by atoms with Crippen molar-refractivity contribution in [3.05, 3.63) is 0 Å². The van der Waals surface area contributed by atoms with E-state index in [-0.39, 0.29) is 5.91 Å². The van der Waals surface area contributed by atoms with Gasteiger partial charge in [0, 0.05) is 13.5 Å². The maximum atomic E-state index is 11.1. The number of nitrogens with one attached hydrogen (secondary N) is 1. The first-order chi connectivity index (χ1) is 5.74. The highest BCUT2D eigenvalue weighted by molar-refractivity contribution is 5.75. The summed E-state index contributed by atoms with van der Waals surface area (Å²) in [6.45, 7) is 2.27. The molecule has 2 atom stereocenters. The lowest BCUT2D eigenvalue weighted by molar-refractivity contribution is -0.122. The molecule has 1 fully saturated rings. The van der Waals surface area contributed by atoms with E-state index in [0.717, 1.165) is 12.3 Å². The monoisotopic (exact) mass is 169 g/mol. The van der Waals surface area contributed by atoms with Crippen LogP contribution < -0.4 is 5.32 Å². The Kier molecular flexibility index (Phi) is 3.57. The van der Waals surface area contributed by atoms with Crippen LogP contribution in [0.15, 0.2) is 0 Å². The molecule has 0 spiro atoms. The third-order valence-electron chi connectivity index (χ3n) is 3.02. The van der Waals surface area contributed by atoms with Crippen molar-refractivity contribution in [3.63, 3.8) is 0 Å². The fraction of sp³-hybridized carbons (Fsp3) is 0.900. The van der Waals surface area contributed by atoms with Crippen LogP contribution in [0.4, 0.5) is 0 Å². The minimum absolute atomic E-state index is 0.203. The maximum Gasteiger partial charge on any atom is 0.220 e. The van der Waals surface area contributed by atoms with Gasteiger partial charge in [-0.15, -0.1) is 0 Å². The second-order valence-corrected chi connectivity index (χ2v) is 3.90. The van der Waals surface area contributed by atoms with E-state index in [4.69, 9.17) is 0 Å². The topological polar surface area (TPSA) is 29.1 Å². The molecule has 1 amide bonds. The van der Waals surface area contributed by atoms with Gasteiger partial charge >= 0.3 is 0 Å². The number of carbonyl (C=O) groups excluding carboxylic acids is 1. The molecule has 0 saturated heterocycles. The highest BCUT2D eigenvalue weighted by Crippen LogP contribution is 2.31. The van der Waals surface area contributed by atoms with E-state index in [1.807, 2.05) is 0 Å². The van der Waals surface area contributed by atoms with Crippen LogP contribution in [0.3, 0.4) is 0 Å². The van der Waals surface area contributed by atoms with Crippen LogP contribution in [-0.4, -0.2) is 13.0 Å². The first kappa shape index (κ1) is 9.56. The third-order valence-corrected chi connectivity index (χ3v) is 3.02. The molecule has 0 aromatic carbocycles. The highest BCUT2D eigenvalue weighted by atomic mass is 16.1. The summed E-state index contributed by atoms with van der Waals surface area (Å²) in [6.07, 6.45) is 5.95. The van der Waals surface area contributed by atoms with Crippen LogP contribution in [-0.2, 0) is 4.79 Å². The molecule has 2 heteroatoms. The van der Waals surface area contributed by atoms with Gasteiger partial charge in [-0.1, -0.05) is 26.2 Å². The molecule has 0 heterocycles. The molecule has 0 aromatic heterocycles. The minimum atomic E-state index is 0.203. The molecular formula is C10H19NO. The molecule has 0 bridgehead atoms. The Morgan fingerprint density at radius 1 is 1.42 bits per heavy atom. The van der Waals surface area contributed by atoms with Gasteiger partial charge in [-0.05, 0) is 18.3 Å².